The van der Waals surface area contributed by atoms with Crippen molar-refractivity contribution < 1.29 is 27.4 Å². The molecule has 0 unspecified atom stereocenters. The number of carbonyl (C=O) groups excluding carboxylic acids is 1. The number of nitrogens with one attached hydrogen (secondary N) is 1. The van der Waals surface area contributed by atoms with Gasteiger partial charge in [0.25, 0.3) is 11.9 Å². The third kappa shape index (κ3) is 6.33. The standard InChI is InChI=1S/C18H23F3N2O3/c1-25-11-12-26-17(22-15-5-3-2-4-6-15)23-16(24)13-7-9-14(10-8-13)18(19,20)21/h7-10,15H,2-6,11-12H2,1H3,(H,22,23,24). The van der Waals surface area contributed by atoms with E-state index in [-0.39, 0.29) is 24.2 Å². The second kappa shape index (κ2) is 9.56. The van der Waals surface area contributed by atoms with Crippen molar-refractivity contribution >= 4 is 11.9 Å². The summed E-state index contributed by atoms with van der Waals surface area (Å²) in [4.78, 5) is 16.8. The lowest BCUT2D eigenvalue weighted by atomic mass is 9.96. The van der Waals surface area contributed by atoms with Gasteiger partial charge in [-0.05, 0) is 37.1 Å². The fraction of sp³-hybridized carbons (Fsp3) is 0.556. The molecule has 0 heterocycles. The Bertz CT molecular complexity index is 609. The molecular weight excluding hydrogens is 349 g/mol. The van der Waals surface area contributed by atoms with Gasteiger partial charge in [-0.1, -0.05) is 19.3 Å². The molecule has 0 radical (unpaired) electrons. The van der Waals surface area contributed by atoms with Crippen LogP contribution in [0.2, 0.25) is 0 Å². The summed E-state index contributed by atoms with van der Waals surface area (Å²) in [7, 11) is 1.53. The molecule has 1 saturated carbocycles. The average molecular weight is 372 g/mol. The van der Waals surface area contributed by atoms with Crippen LogP contribution in [0.4, 0.5) is 13.2 Å². The maximum Gasteiger partial charge on any atom is 0.416 e. The third-order valence-electron chi connectivity index (χ3n) is 4.10. The summed E-state index contributed by atoms with van der Waals surface area (Å²) in [6.07, 6.45) is 0.731. The second-order valence-corrected chi connectivity index (χ2v) is 6.10. The molecule has 1 amide bonds. The van der Waals surface area contributed by atoms with Gasteiger partial charge >= 0.3 is 6.18 Å². The van der Waals surface area contributed by atoms with E-state index in [0.717, 1.165) is 49.9 Å². The molecule has 1 aromatic carbocycles. The van der Waals surface area contributed by atoms with Crippen LogP contribution in [0.5, 0.6) is 0 Å². The Balaban J connectivity index is 2.05. The molecule has 144 valence electrons. The van der Waals surface area contributed by atoms with Crippen molar-refractivity contribution in [1.82, 2.24) is 5.32 Å². The molecule has 0 spiro atoms. The van der Waals surface area contributed by atoms with Gasteiger partial charge in [-0.3, -0.25) is 10.1 Å². The summed E-state index contributed by atoms with van der Waals surface area (Å²) in [5, 5.41) is 2.55. The van der Waals surface area contributed by atoms with E-state index in [0.29, 0.717) is 6.61 Å². The zero-order chi connectivity index (χ0) is 19.0. The molecule has 0 saturated heterocycles. The first kappa shape index (κ1) is 20.2. The Morgan fingerprint density at radius 2 is 1.81 bits per heavy atom. The predicted octanol–water partition coefficient (Wildman–Crippen LogP) is 3.79. The summed E-state index contributed by atoms with van der Waals surface area (Å²) >= 11 is 0. The Morgan fingerprint density at radius 3 is 2.38 bits per heavy atom. The lowest BCUT2D eigenvalue weighted by Gasteiger charge is -2.19. The average Bonchev–Trinajstić information content (AvgIpc) is 2.62. The van der Waals surface area contributed by atoms with E-state index in [1.165, 1.54) is 13.5 Å². The fourth-order valence-electron chi connectivity index (χ4n) is 2.68. The Kier molecular flexibility index (Phi) is 7.44. The molecule has 26 heavy (non-hydrogen) atoms. The number of amidine groups is 1. The molecule has 1 aliphatic rings. The van der Waals surface area contributed by atoms with Gasteiger partial charge in [-0.2, -0.15) is 13.2 Å². The van der Waals surface area contributed by atoms with E-state index in [9.17, 15) is 18.0 Å². The van der Waals surface area contributed by atoms with Gasteiger partial charge in [0.15, 0.2) is 0 Å². The lowest BCUT2D eigenvalue weighted by molar-refractivity contribution is -0.137. The minimum absolute atomic E-state index is 0.0780. The van der Waals surface area contributed by atoms with Crippen molar-refractivity contribution in [3.8, 4) is 0 Å². The number of methoxy groups -OCH3 is 1. The number of alkyl halides is 3. The van der Waals surface area contributed by atoms with E-state index in [1.54, 1.807) is 0 Å². The maximum atomic E-state index is 12.6. The van der Waals surface area contributed by atoms with Gasteiger partial charge in [-0.25, -0.2) is 4.99 Å². The van der Waals surface area contributed by atoms with Gasteiger partial charge in [0.05, 0.1) is 18.2 Å². The highest BCUT2D eigenvalue weighted by atomic mass is 19.4. The van der Waals surface area contributed by atoms with Crippen molar-refractivity contribution in [2.45, 2.75) is 44.3 Å². The van der Waals surface area contributed by atoms with Gasteiger partial charge < -0.3 is 9.47 Å². The van der Waals surface area contributed by atoms with Crippen LogP contribution in [-0.4, -0.2) is 38.3 Å². The maximum absolute atomic E-state index is 12.6. The van der Waals surface area contributed by atoms with E-state index in [2.05, 4.69) is 10.3 Å². The zero-order valence-electron chi connectivity index (χ0n) is 14.6. The molecule has 8 heteroatoms. The van der Waals surface area contributed by atoms with Gasteiger partial charge in [0, 0.05) is 12.7 Å². The van der Waals surface area contributed by atoms with Crippen LogP contribution in [-0.2, 0) is 15.7 Å². The molecular formula is C18H23F3N2O3. The first-order chi connectivity index (χ1) is 12.4. The molecule has 5 nitrogen and oxygen atoms in total. The molecule has 1 aromatic rings. The Morgan fingerprint density at radius 1 is 1.15 bits per heavy atom. The number of rotatable bonds is 5. The van der Waals surface area contributed by atoms with E-state index in [1.807, 2.05) is 0 Å². The molecule has 0 aromatic heterocycles. The predicted molar refractivity (Wildman–Crippen MR) is 91.0 cm³/mol. The largest absolute Gasteiger partial charge is 0.463 e. The van der Waals surface area contributed by atoms with Crippen molar-refractivity contribution in [3.63, 3.8) is 0 Å². The molecule has 0 bridgehead atoms. The van der Waals surface area contributed by atoms with Crippen molar-refractivity contribution in [1.29, 1.82) is 0 Å². The Labute approximate surface area is 150 Å². The molecule has 0 atom stereocenters. The minimum atomic E-state index is -4.44. The smallest absolute Gasteiger partial charge is 0.416 e. The summed E-state index contributed by atoms with van der Waals surface area (Å²) < 4.78 is 48.2. The highest BCUT2D eigenvalue weighted by molar-refractivity contribution is 6.04. The number of halogens is 3. The number of aliphatic imine (C=N–C) groups is 1. The molecule has 1 aliphatic carbocycles. The number of amides is 1. The van der Waals surface area contributed by atoms with Crippen molar-refractivity contribution in [2.24, 2.45) is 4.99 Å². The minimum Gasteiger partial charge on any atom is -0.463 e. The van der Waals surface area contributed by atoms with Gasteiger partial charge in [-0.15, -0.1) is 0 Å². The topological polar surface area (TPSA) is 59.9 Å². The molecule has 0 aliphatic heterocycles. The summed E-state index contributed by atoms with van der Waals surface area (Å²) in [5.74, 6) is -0.564. The van der Waals surface area contributed by atoms with Crippen molar-refractivity contribution in [3.05, 3.63) is 35.4 Å². The first-order valence-corrected chi connectivity index (χ1v) is 8.58. The quantitative estimate of drug-likeness (QED) is 0.486. The lowest BCUT2D eigenvalue weighted by Crippen LogP contribution is -2.34. The highest BCUT2D eigenvalue weighted by Gasteiger charge is 2.30. The molecule has 1 N–H and O–H groups in total. The van der Waals surface area contributed by atoms with Crippen LogP contribution >= 0.6 is 0 Å². The third-order valence-corrected chi connectivity index (χ3v) is 4.10. The second-order valence-electron chi connectivity index (χ2n) is 6.10. The SMILES string of the molecule is COCCOC(=NC1CCCCC1)NC(=O)c1ccc(C(F)(F)F)cc1. The highest BCUT2D eigenvalue weighted by Crippen LogP contribution is 2.29. The van der Waals surface area contributed by atoms with Crippen LogP contribution in [0, 0.1) is 0 Å². The van der Waals surface area contributed by atoms with Crippen LogP contribution in [0.15, 0.2) is 29.3 Å². The number of benzene rings is 1. The van der Waals surface area contributed by atoms with Crippen LogP contribution in [0.3, 0.4) is 0 Å². The molecule has 2 rings (SSSR count). The normalized spacial score (nSPS) is 16.4. The number of nitrogens with zero attached hydrogens (tertiary/aromatic N) is 1. The van der Waals surface area contributed by atoms with E-state index >= 15 is 0 Å². The number of hydrogen-bond donors (Lipinski definition) is 1. The summed E-state index contributed by atoms with van der Waals surface area (Å²) in [5.41, 5.74) is -0.703. The van der Waals surface area contributed by atoms with Crippen molar-refractivity contribution in [2.75, 3.05) is 20.3 Å². The number of hydrogen-bond acceptors (Lipinski definition) is 4. The van der Waals surface area contributed by atoms with Crippen LogP contribution in [0.1, 0.15) is 48.0 Å². The monoisotopic (exact) mass is 372 g/mol. The van der Waals surface area contributed by atoms with E-state index < -0.39 is 17.6 Å². The number of carbonyl (C=O) groups is 1. The van der Waals surface area contributed by atoms with Crippen LogP contribution < -0.4 is 5.32 Å². The van der Waals surface area contributed by atoms with Gasteiger partial charge in [0.2, 0.25) is 0 Å². The molecule has 1 fully saturated rings. The number of ether oxygens (including phenoxy) is 2. The van der Waals surface area contributed by atoms with Crippen LogP contribution in [0.25, 0.3) is 0 Å². The zero-order valence-corrected chi connectivity index (χ0v) is 14.6. The van der Waals surface area contributed by atoms with Gasteiger partial charge in [0.1, 0.15) is 6.61 Å². The summed E-state index contributed by atoms with van der Waals surface area (Å²) in [6.45, 7) is 0.551. The fourth-order valence-corrected chi connectivity index (χ4v) is 2.68. The summed E-state index contributed by atoms with van der Waals surface area (Å²) in [6, 6.07) is 4.17. The first-order valence-electron chi connectivity index (χ1n) is 8.58. The van der Waals surface area contributed by atoms with E-state index in [4.69, 9.17) is 9.47 Å². The Hall–Kier alpha value is -2.09.